The van der Waals surface area contributed by atoms with Crippen LogP contribution in [0.2, 0.25) is 0 Å². The predicted molar refractivity (Wildman–Crippen MR) is 112 cm³/mol. The third-order valence-electron chi connectivity index (χ3n) is 5.73. The Morgan fingerprint density at radius 3 is 2.35 bits per heavy atom. The molecule has 0 fully saturated rings. The van der Waals surface area contributed by atoms with E-state index >= 15 is 0 Å². The van der Waals surface area contributed by atoms with Crippen LogP contribution in [0.5, 0.6) is 0 Å². The number of hydrogen-bond acceptors (Lipinski definition) is 0. The SMILES string of the molecule is C1=C=c2c(ccc3ccc4ccc5ccc6c(c5c4c23)CCC=C6)=CC=1. The average Bonchev–Trinajstić information content (AvgIpc) is 2.72. The lowest BCUT2D eigenvalue weighted by Gasteiger charge is -2.17. The summed E-state index contributed by atoms with van der Waals surface area (Å²) in [5.74, 6) is 0. The molecular formula is C26H16. The fourth-order valence-electron chi connectivity index (χ4n) is 4.54. The average molecular weight is 328 g/mol. The predicted octanol–water partition coefficient (Wildman–Crippen LogP) is 4.99. The maximum Gasteiger partial charge on any atom is 0.0406 e. The summed E-state index contributed by atoms with van der Waals surface area (Å²) in [5.41, 5.74) is 9.41. The number of fused-ring (bicyclic) bond motifs is 9. The third kappa shape index (κ3) is 1.81. The number of hydrogen-bond donors (Lipinski definition) is 0. The molecule has 0 spiro atoms. The second-order valence-corrected chi connectivity index (χ2v) is 7.13. The van der Waals surface area contributed by atoms with Gasteiger partial charge >= 0.3 is 0 Å². The van der Waals surface area contributed by atoms with Crippen molar-refractivity contribution >= 4 is 50.2 Å². The van der Waals surface area contributed by atoms with E-state index in [0.717, 1.165) is 12.8 Å². The van der Waals surface area contributed by atoms with Crippen LogP contribution in [-0.2, 0) is 6.42 Å². The molecule has 0 aliphatic heterocycles. The van der Waals surface area contributed by atoms with Crippen LogP contribution in [0.1, 0.15) is 17.5 Å². The topological polar surface area (TPSA) is 0 Å². The fourth-order valence-corrected chi connectivity index (χ4v) is 4.54. The third-order valence-corrected chi connectivity index (χ3v) is 5.73. The fraction of sp³-hybridized carbons (Fsp3) is 0.0769. The van der Waals surface area contributed by atoms with Gasteiger partial charge in [0.05, 0.1) is 0 Å². The van der Waals surface area contributed by atoms with Crippen molar-refractivity contribution in [2.75, 3.05) is 0 Å². The zero-order chi connectivity index (χ0) is 17.1. The van der Waals surface area contributed by atoms with Crippen LogP contribution in [-0.4, -0.2) is 0 Å². The first-order valence-corrected chi connectivity index (χ1v) is 9.19. The number of benzene rings is 4. The normalized spacial score (nSPS) is 14.3. The maximum absolute atomic E-state index is 3.39. The second kappa shape index (κ2) is 5.10. The summed E-state index contributed by atoms with van der Waals surface area (Å²) in [4.78, 5) is 0. The summed E-state index contributed by atoms with van der Waals surface area (Å²) in [6.45, 7) is 0. The van der Waals surface area contributed by atoms with E-state index in [-0.39, 0.29) is 0 Å². The van der Waals surface area contributed by atoms with Crippen LogP contribution >= 0.6 is 0 Å². The monoisotopic (exact) mass is 328 g/mol. The van der Waals surface area contributed by atoms with Crippen molar-refractivity contribution in [3.8, 4) is 0 Å². The molecule has 0 unspecified atom stereocenters. The molecule has 0 nitrogen and oxygen atoms in total. The Hall–Kier alpha value is -3.30. The van der Waals surface area contributed by atoms with Crippen LogP contribution < -0.4 is 10.4 Å². The Bertz CT molecular complexity index is 1480. The smallest absolute Gasteiger partial charge is 0.0406 e. The summed E-state index contributed by atoms with van der Waals surface area (Å²) in [5, 5.41) is 10.4. The van der Waals surface area contributed by atoms with Crippen LogP contribution in [0, 0.1) is 0 Å². The molecule has 0 radical (unpaired) electrons. The minimum atomic E-state index is 1.11. The first kappa shape index (κ1) is 13.9. The summed E-state index contributed by atoms with van der Waals surface area (Å²) < 4.78 is 0. The number of rotatable bonds is 0. The van der Waals surface area contributed by atoms with Crippen molar-refractivity contribution in [2.24, 2.45) is 0 Å². The van der Waals surface area contributed by atoms with Gasteiger partial charge in [-0.25, -0.2) is 0 Å². The standard InChI is InChI=1S/C26H16/c1-3-7-22-17(5-1)9-11-19-13-15-21-16-14-20-12-10-18-6-2-4-8-23(18)25(20)26(21)24(19)22/h1-2,5-6,9-16H,3,7H2. The van der Waals surface area contributed by atoms with E-state index in [2.05, 4.69) is 78.2 Å². The van der Waals surface area contributed by atoms with E-state index in [1.54, 1.807) is 0 Å². The molecule has 0 heterocycles. The molecule has 0 N–H and O–H groups in total. The van der Waals surface area contributed by atoms with Crippen molar-refractivity contribution in [1.82, 2.24) is 0 Å². The highest BCUT2D eigenvalue weighted by atomic mass is 14.2. The lowest BCUT2D eigenvalue weighted by molar-refractivity contribution is 0.998. The molecule has 4 aromatic rings. The Balaban J connectivity index is 2.02. The van der Waals surface area contributed by atoms with Crippen molar-refractivity contribution in [3.05, 3.63) is 88.0 Å². The zero-order valence-electron chi connectivity index (χ0n) is 14.3. The van der Waals surface area contributed by atoms with E-state index in [9.17, 15) is 0 Å². The van der Waals surface area contributed by atoms with E-state index in [4.69, 9.17) is 0 Å². The lowest BCUT2D eigenvalue weighted by atomic mass is 9.87. The van der Waals surface area contributed by atoms with Crippen LogP contribution in [0.3, 0.4) is 0 Å². The number of aryl methyl sites for hydroxylation is 1. The molecule has 0 bridgehead atoms. The first-order chi connectivity index (χ1) is 12.9. The molecule has 0 saturated carbocycles. The molecule has 26 heavy (non-hydrogen) atoms. The molecular weight excluding hydrogens is 312 g/mol. The van der Waals surface area contributed by atoms with Gasteiger partial charge < -0.3 is 0 Å². The van der Waals surface area contributed by atoms with Gasteiger partial charge in [0.15, 0.2) is 0 Å². The highest BCUT2D eigenvalue weighted by Gasteiger charge is 2.14. The second-order valence-electron chi connectivity index (χ2n) is 7.13. The molecule has 0 heteroatoms. The molecule has 120 valence electrons. The van der Waals surface area contributed by atoms with E-state index in [1.807, 2.05) is 6.08 Å². The Morgan fingerprint density at radius 2 is 1.46 bits per heavy atom. The quantitative estimate of drug-likeness (QED) is 0.315. The van der Waals surface area contributed by atoms with E-state index in [0.29, 0.717) is 0 Å². The molecule has 0 amide bonds. The van der Waals surface area contributed by atoms with Gasteiger partial charge in [-0.1, -0.05) is 72.1 Å². The van der Waals surface area contributed by atoms with Gasteiger partial charge in [-0.2, -0.15) is 0 Å². The van der Waals surface area contributed by atoms with Gasteiger partial charge in [-0.05, 0) is 68.3 Å². The van der Waals surface area contributed by atoms with Gasteiger partial charge in [0, 0.05) is 10.6 Å². The maximum atomic E-state index is 3.39. The molecule has 2 aliphatic rings. The summed E-state index contributed by atoms with van der Waals surface area (Å²) in [6, 6.07) is 18.0. The van der Waals surface area contributed by atoms with E-state index < -0.39 is 0 Å². The zero-order valence-corrected chi connectivity index (χ0v) is 14.3. The molecule has 2 aliphatic carbocycles. The number of allylic oxidation sites excluding steroid dienone is 2. The molecule has 0 saturated heterocycles. The lowest BCUT2D eigenvalue weighted by Crippen LogP contribution is -2.24. The highest BCUT2D eigenvalue weighted by Crippen LogP contribution is 2.36. The van der Waals surface area contributed by atoms with Gasteiger partial charge in [0.1, 0.15) is 0 Å². The van der Waals surface area contributed by atoms with Crippen LogP contribution in [0.25, 0.3) is 50.2 Å². The Labute approximate surface area is 151 Å². The van der Waals surface area contributed by atoms with Gasteiger partial charge in [-0.3, -0.25) is 0 Å². The van der Waals surface area contributed by atoms with Crippen molar-refractivity contribution in [1.29, 1.82) is 0 Å². The van der Waals surface area contributed by atoms with Crippen LogP contribution in [0.4, 0.5) is 0 Å². The minimum absolute atomic E-state index is 1.11. The summed E-state index contributed by atoms with van der Waals surface area (Å²) in [7, 11) is 0. The van der Waals surface area contributed by atoms with Gasteiger partial charge in [-0.15, -0.1) is 0 Å². The first-order valence-electron chi connectivity index (χ1n) is 9.19. The van der Waals surface area contributed by atoms with E-state index in [1.165, 1.54) is 53.9 Å². The minimum Gasteiger partial charge on any atom is -0.0836 e. The Morgan fingerprint density at radius 1 is 0.731 bits per heavy atom. The molecule has 0 aromatic heterocycles. The summed E-state index contributed by atoms with van der Waals surface area (Å²) >= 11 is 0. The summed E-state index contributed by atoms with van der Waals surface area (Å²) in [6.07, 6.45) is 10.9. The Kier molecular flexibility index (Phi) is 2.73. The molecule has 4 aromatic carbocycles. The largest absolute Gasteiger partial charge is 0.0836 e. The van der Waals surface area contributed by atoms with Crippen molar-refractivity contribution < 1.29 is 0 Å². The van der Waals surface area contributed by atoms with Gasteiger partial charge in [0.2, 0.25) is 0 Å². The van der Waals surface area contributed by atoms with Crippen molar-refractivity contribution in [3.63, 3.8) is 0 Å². The molecule has 0 atom stereocenters. The van der Waals surface area contributed by atoms with Crippen LogP contribution in [0.15, 0.2) is 66.4 Å². The highest BCUT2D eigenvalue weighted by molar-refractivity contribution is 6.21. The molecule has 6 rings (SSSR count). The van der Waals surface area contributed by atoms with Gasteiger partial charge in [0.25, 0.3) is 0 Å². The van der Waals surface area contributed by atoms with Crippen molar-refractivity contribution in [2.45, 2.75) is 12.8 Å².